The summed E-state index contributed by atoms with van der Waals surface area (Å²) in [6, 6.07) is 0. The Morgan fingerprint density at radius 2 is 1.75 bits per heavy atom. The largest absolute Gasteiger partial charge is 0.414 e. The van der Waals surface area contributed by atoms with Crippen molar-refractivity contribution >= 4 is 11.0 Å². The summed E-state index contributed by atoms with van der Waals surface area (Å²) < 4.78 is 51.8. The molecule has 0 aromatic heterocycles. The van der Waals surface area contributed by atoms with Crippen molar-refractivity contribution in [2.45, 2.75) is 44.4 Å². The zero-order valence-electron chi connectivity index (χ0n) is 9.32. The Morgan fingerprint density at radius 3 is 2.12 bits per heavy atom. The molecule has 0 bridgehead atoms. The summed E-state index contributed by atoms with van der Waals surface area (Å²) in [5, 5.41) is 4.68. The van der Waals surface area contributed by atoms with Crippen molar-refractivity contribution in [3.63, 3.8) is 0 Å². The van der Waals surface area contributed by atoms with Crippen molar-refractivity contribution in [3.05, 3.63) is 12.2 Å². The van der Waals surface area contributed by atoms with Crippen LogP contribution >= 0.6 is 0 Å². The molecule has 0 amide bonds. The van der Waals surface area contributed by atoms with Crippen molar-refractivity contribution in [2.75, 3.05) is 0 Å². The molecule has 0 heterocycles. The predicted molar refractivity (Wildman–Crippen MR) is 57.0 cm³/mol. The maximum atomic E-state index is 12.1. The number of hydrogen-bond acceptors (Lipinski definition) is 2. The van der Waals surface area contributed by atoms with Gasteiger partial charge in [0.1, 0.15) is 0 Å². The molecule has 0 aromatic carbocycles. The first-order valence-corrected chi connectivity index (χ1v) is 5.97. The molecule has 0 fully saturated rings. The fourth-order valence-corrected chi connectivity index (χ4v) is 1.08. The normalized spacial score (nSPS) is 20.7. The number of alkyl halides is 3. The van der Waals surface area contributed by atoms with E-state index in [-0.39, 0.29) is 0 Å². The van der Waals surface area contributed by atoms with E-state index in [0.717, 1.165) is 6.92 Å². The SMILES string of the molecule is CC(C=C[C@@H](C)O[C@H](C)C(F)(F)F)S(N)=O. The predicted octanol–water partition coefficient (Wildman–Crippen LogP) is 1.91. The fourth-order valence-electron chi connectivity index (χ4n) is 0.835. The van der Waals surface area contributed by atoms with E-state index in [2.05, 4.69) is 0 Å². The number of hydrogen-bond donors (Lipinski definition) is 1. The summed E-state index contributed by atoms with van der Waals surface area (Å²) in [7, 11) is -1.52. The maximum absolute atomic E-state index is 12.1. The Bertz CT molecular complexity index is 268. The van der Waals surface area contributed by atoms with Gasteiger partial charge < -0.3 is 4.74 Å². The Balaban J connectivity index is 4.18. The molecule has 0 saturated carbocycles. The van der Waals surface area contributed by atoms with Crippen molar-refractivity contribution in [1.29, 1.82) is 0 Å². The van der Waals surface area contributed by atoms with Crippen LogP contribution in [0.2, 0.25) is 0 Å². The van der Waals surface area contributed by atoms with Gasteiger partial charge in [-0.1, -0.05) is 12.2 Å². The van der Waals surface area contributed by atoms with Crippen LogP contribution in [0.4, 0.5) is 13.2 Å². The molecule has 4 atom stereocenters. The molecule has 0 aliphatic heterocycles. The van der Waals surface area contributed by atoms with Crippen molar-refractivity contribution < 1.29 is 22.1 Å². The minimum atomic E-state index is -4.37. The Kier molecular flexibility index (Phi) is 6.20. The molecule has 3 nitrogen and oxygen atoms in total. The van der Waals surface area contributed by atoms with Gasteiger partial charge in [-0.3, -0.25) is 5.14 Å². The molecule has 16 heavy (non-hydrogen) atoms. The van der Waals surface area contributed by atoms with Crippen LogP contribution in [0.5, 0.6) is 0 Å². The maximum Gasteiger partial charge on any atom is 0.414 e. The third-order valence-corrected chi connectivity index (χ3v) is 2.79. The summed E-state index contributed by atoms with van der Waals surface area (Å²) in [4.78, 5) is 0. The number of halogens is 3. The van der Waals surface area contributed by atoms with Gasteiger partial charge in [0, 0.05) is 0 Å². The second-order valence-corrected chi connectivity index (χ2v) is 4.84. The van der Waals surface area contributed by atoms with Crippen LogP contribution in [-0.2, 0) is 15.7 Å². The van der Waals surface area contributed by atoms with E-state index in [9.17, 15) is 17.4 Å². The van der Waals surface area contributed by atoms with Gasteiger partial charge in [-0.15, -0.1) is 0 Å². The van der Waals surface area contributed by atoms with Crippen LogP contribution in [0.25, 0.3) is 0 Å². The average Bonchev–Trinajstić information content (AvgIpc) is 2.12. The molecule has 0 spiro atoms. The summed E-state index contributed by atoms with van der Waals surface area (Å²) in [6.07, 6.45) is -4.01. The Labute approximate surface area is 95.4 Å². The second-order valence-electron chi connectivity index (χ2n) is 3.44. The van der Waals surface area contributed by atoms with Gasteiger partial charge in [-0.2, -0.15) is 13.2 Å². The van der Waals surface area contributed by atoms with E-state index in [4.69, 9.17) is 9.88 Å². The van der Waals surface area contributed by atoms with Gasteiger partial charge in [0.05, 0.1) is 22.3 Å². The van der Waals surface area contributed by atoms with Crippen molar-refractivity contribution in [2.24, 2.45) is 5.14 Å². The Hall–Kier alpha value is -0.400. The van der Waals surface area contributed by atoms with Gasteiger partial charge in [0.2, 0.25) is 0 Å². The third kappa shape index (κ3) is 6.24. The van der Waals surface area contributed by atoms with Crippen LogP contribution in [0.15, 0.2) is 12.2 Å². The van der Waals surface area contributed by atoms with Crippen LogP contribution in [0.3, 0.4) is 0 Å². The highest BCUT2D eigenvalue weighted by Gasteiger charge is 2.37. The zero-order chi connectivity index (χ0) is 12.9. The van der Waals surface area contributed by atoms with Gasteiger partial charge in [-0.25, -0.2) is 4.21 Å². The number of rotatable bonds is 5. The molecule has 2 unspecified atom stereocenters. The molecule has 0 radical (unpaired) electrons. The molecule has 7 heteroatoms. The van der Waals surface area contributed by atoms with Crippen LogP contribution in [-0.4, -0.2) is 27.8 Å². The molecule has 0 saturated heterocycles. The summed E-state index contributed by atoms with van der Waals surface area (Å²) in [6.45, 7) is 4.02. The van der Waals surface area contributed by atoms with Gasteiger partial charge in [0.15, 0.2) is 6.10 Å². The standard InChI is InChI=1S/C9H16F3NO2S/c1-6(4-5-7(2)16(13)14)15-8(3)9(10,11)12/h4-8H,13H2,1-3H3/t6-,7?,8-,16?/m1/s1. The third-order valence-electron chi connectivity index (χ3n) is 1.90. The van der Waals surface area contributed by atoms with Gasteiger partial charge >= 0.3 is 6.18 Å². The quantitative estimate of drug-likeness (QED) is 0.767. The molecular weight excluding hydrogens is 243 g/mol. The van der Waals surface area contributed by atoms with E-state index >= 15 is 0 Å². The first-order chi connectivity index (χ1) is 7.14. The highest BCUT2D eigenvalue weighted by atomic mass is 32.2. The Morgan fingerprint density at radius 1 is 1.25 bits per heavy atom. The highest BCUT2D eigenvalue weighted by molar-refractivity contribution is 7.83. The molecular formula is C9H16F3NO2S. The lowest BCUT2D eigenvalue weighted by Crippen LogP contribution is -2.31. The van der Waals surface area contributed by atoms with E-state index in [1.165, 1.54) is 19.1 Å². The van der Waals surface area contributed by atoms with E-state index < -0.39 is 34.6 Å². The van der Waals surface area contributed by atoms with Crippen LogP contribution in [0.1, 0.15) is 20.8 Å². The zero-order valence-corrected chi connectivity index (χ0v) is 10.1. The lowest BCUT2D eigenvalue weighted by Gasteiger charge is -2.19. The van der Waals surface area contributed by atoms with E-state index in [0.29, 0.717) is 0 Å². The van der Waals surface area contributed by atoms with Crippen LogP contribution < -0.4 is 5.14 Å². The van der Waals surface area contributed by atoms with E-state index in [1.54, 1.807) is 6.92 Å². The minimum absolute atomic E-state index is 0.410. The van der Waals surface area contributed by atoms with Crippen LogP contribution in [0, 0.1) is 0 Å². The lowest BCUT2D eigenvalue weighted by molar-refractivity contribution is -0.220. The first-order valence-electron chi connectivity index (χ1n) is 4.70. The lowest BCUT2D eigenvalue weighted by atomic mass is 10.3. The van der Waals surface area contributed by atoms with Crippen molar-refractivity contribution in [1.82, 2.24) is 0 Å². The summed E-state index contributed by atoms with van der Waals surface area (Å²) in [5.41, 5.74) is 0. The summed E-state index contributed by atoms with van der Waals surface area (Å²) in [5.74, 6) is 0. The minimum Gasteiger partial charge on any atom is -0.362 e. The smallest absolute Gasteiger partial charge is 0.362 e. The van der Waals surface area contributed by atoms with E-state index in [1.807, 2.05) is 0 Å². The van der Waals surface area contributed by atoms with Crippen molar-refractivity contribution in [3.8, 4) is 0 Å². The average molecular weight is 259 g/mol. The molecule has 0 aromatic rings. The molecule has 0 rings (SSSR count). The summed E-state index contributed by atoms with van der Waals surface area (Å²) >= 11 is 0. The topological polar surface area (TPSA) is 52.3 Å². The fraction of sp³-hybridized carbons (Fsp3) is 0.778. The first kappa shape index (κ1) is 15.6. The molecule has 2 N–H and O–H groups in total. The monoisotopic (exact) mass is 259 g/mol. The number of nitrogens with two attached hydrogens (primary N) is 1. The number of ether oxygens (including phenoxy) is 1. The molecule has 0 aliphatic rings. The molecule has 96 valence electrons. The second kappa shape index (κ2) is 6.36. The molecule has 0 aliphatic carbocycles. The van der Waals surface area contributed by atoms with Gasteiger partial charge in [0.25, 0.3) is 0 Å². The highest BCUT2D eigenvalue weighted by Crippen LogP contribution is 2.23. The van der Waals surface area contributed by atoms with Gasteiger partial charge in [-0.05, 0) is 20.8 Å².